The Labute approximate surface area is 146 Å². The van der Waals surface area contributed by atoms with Crippen molar-refractivity contribution in [2.24, 2.45) is 17.8 Å². The largest absolute Gasteiger partial charge is 0.449 e. The minimum absolute atomic E-state index is 0.127. The van der Waals surface area contributed by atoms with Gasteiger partial charge in [-0.15, -0.1) is 0 Å². The summed E-state index contributed by atoms with van der Waals surface area (Å²) in [4.78, 5) is 25.6. The van der Waals surface area contributed by atoms with Gasteiger partial charge >= 0.3 is 6.09 Å². The van der Waals surface area contributed by atoms with E-state index in [-0.39, 0.29) is 12.5 Å². The van der Waals surface area contributed by atoms with Gasteiger partial charge in [0.05, 0.1) is 13.2 Å². The fourth-order valence-corrected chi connectivity index (χ4v) is 3.44. The molecule has 1 fully saturated rings. The number of hydrogen-bond acceptors (Lipinski definition) is 4. The quantitative estimate of drug-likeness (QED) is 0.736. The van der Waals surface area contributed by atoms with Crippen LogP contribution in [0.25, 0.3) is 0 Å². The molecule has 24 heavy (non-hydrogen) atoms. The molecule has 1 aliphatic carbocycles. The number of alkyl carbamates (subject to hydrolysis) is 1. The lowest BCUT2D eigenvalue weighted by Crippen LogP contribution is -2.49. The van der Waals surface area contributed by atoms with E-state index in [2.05, 4.69) is 19.2 Å². The molecule has 0 heterocycles. The average Bonchev–Trinajstić information content (AvgIpc) is 2.54. The number of rotatable bonds is 8. The van der Waals surface area contributed by atoms with Gasteiger partial charge < -0.3 is 19.7 Å². The zero-order valence-corrected chi connectivity index (χ0v) is 15.8. The van der Waals surface area contributed by atoms with Crippen LogP contribution >= 0.6 is 0 Å². The van der Waals surface area contributed by atoms with E-state index >= 15 is 0 Å². The second-order valence-electron chi connectivity index (χ2n) is 7.29. The Balaban J connectivity index is 2.53. The van der Waals surface area contributed by atoms with E-state index in [0.29, 0.717) is 24.4 Å². The smallest absolute Gasteiger partial charge is 0.407 e. The van der Waals surface area contributed by atoms with Crippen LogP contribution in [0.3, 0.4) is 0 Å². The number of hydrogen-bond donors (Lipinski definition) is 1. The van der Waals surface area contributed by atoms with E-state index in [0.717, 1.165) is 0 Å². The summed E-state index contributed by atoms with van der Waals surface area (Å²) in [6, 6.07) is -0.718. The van der Waals surface area contributed by atoms with Crippen LogP contribution in [0.1, 0.15) is 46.0 Å². The second kappa shape index (κ2) is 10.5. The monoisotopic (exact) mass is 342 g/mol. The molecule has 2 atom stereocenters. The molecule has 0 aliphatic heterocycles. The first-order chi connectivity index (χ1) is 11.4. The maximum Gasteiger partial charge on any atom is 0.407 e. The van der Waals surface area contributed by atoms with Gasteiger partial charge in [-0.2, -0.15) is 0 Å². The third-order valence-electron chi connectivity index (χ3n) is 4.88. The van der Waals surface area contributed by atoms with E-state index in [9.17, 15) is 9.59 Å². The van der Waals surface area contributed by atoms with Gasteiger partial charge in [-0.05, 0) is 17.8 Å². The van der Waals surface area contributed by atoms with Crippen LogP contribution in [0.2, 0.25) is 0 Å². The number of amides is 2. The van der Waals surface area contributed by atoms with Gasteiger partial charge in [0.2, 0.25) is 5.91 Å². The molecule has 0 spiro atoms. The highest BCUT2D eigenvalue weighted by molar-refractivity contribution is 5.85. The third kappa shape index (κ3) is 6.67. The minimum Gasteiger partial charge on any atom is -0.449 e. The molecule has 2 unspecified atom stereocenters. The van der Waals surface area contributed by atoms with Gasteiger partial charge in [-0.1, -0.05) is 46.0 Å². The number of ether oxygens (including phenoxy) is 2. The Morgan fingerprint density at radius 3 is 2.25 bits per heavy atom. The van der Waals surface area contributed by atoms with Crippen molar-refractivity contribution in [1.82, 2.24) is 10.2 Å². The van der Waals surface area contributed by atoms with Crippen LogP contribution < -0.4 is 5.32 Å². The van der Waals surface area contributed by atoms with Gasteiger partial charge in [-0.25, -0.2) is 4.79 Å². The van der Waals surface area contributed by atoms with Gasteiger partial charge in [0.25, 0.3) is 0 Å². The van der Waals surface area contributed by atoms with E-state index in [4.69, 9.17) is 9.47 Å². The fraction of sp³-hybridized carbons (Fsp3) is 0.889. The van der Waals surface area contributed by atoms with Crippen molar-refractivity contribution in [2.45, 2.75) is 52.0 Å². The van der Waals surface area contributed by atoms with Crippen molar-refractivity contribution in [3.63, 3.8) is 0 Å². The summed E-state index contributed by atoms with van der Waals surface area (Å²) in [5, 5.41) is 2.62. The second-order valence-corrected chi connectivity index (χ2v) is 7.29. The molecule has 0 aromatic rings. The van der Waals surface area contributed by atoms with Crippen LogP contribution in [0.5, 0.6) is 0 Å². The first-order valence-electron chi connectivity index (χ1n) is 9.00. The summed E-state index contributed by atoms with van der Waals surface area (Å²) in [6.07, 6.45) is 5.75. The Bertz CT molecular complexity index is 392. The molecule has 140 valence electrons. The number of nitrogens with zero attached hydrogens (tertiary/aromatic N) is 1. The molecular formula is C18H34N2O4. The molecule has 0 aromatic carbocycles. The highest BCUT2D eigenvalue weighted by atomic mass is 16.5. The molecule has 0 saturated heterocycles. The molecule has 2 amide bonds. The van der Waals surface area contributed by atoms with E-state index in [1.807, 2.05) is 0 Å². The lowest BCUT2D eigenvalue weighted by molar-refractivity contribution is -0.132. The molecule has 1 rings (SSSR count). The van der Waals surface area contributed by atoms with Crippen molar-refractivity contribution >= 4 is 12.0 Å². The first kappa shape index (κ1) is 20.7. The number of carbonyl (C=O) groups excluding carboxylic acids is 2. The summed E-state index contributed by atoms with van der Waals surface area (Å²) < 4.78 is 10.5. The highest BCUT2D eigenvalue weighted by Crippen LogP contribution is 2.34. The zero-order valence-electron chi connectivity index (χ0n) is 15.8. The fourth-order valence-electron chi connectivity index (χ4n) is 3.44. The van der Waals surface area contributed by atoms with Crippen molar-refractivity contribution < 1.29 is 19.1 Å². The Kier molecular flexibility index (Phi) is 9.11. The van der Waals surface area contributed by atoms with Crippen molar-refractivity contribution in [3.05, 3.63) is 0 Å². The first-order valence-corrected chi connectivity index (χ1v) is 9.00. The Morgan fingerprint density at radius 1 is 1.12 bits per heavy atom. The third-order valence-corrected chi connectivity index (χ3v) is 4.88. The van der Waals surface area contributed by atoms with Crippen LogP contribution in [0.4, 0.5) is 4.79 Å². The maximum atomic E-state index is 12.1. The van der Waals surface area contributed by atoms with Crippen LogP contribution in [-0.4, -0.2) is 57.4 Å². The zero-order chi connectivity index (χ0) is 18.1. The van der Waals surface area contributed by atoms with Crippen LogP contribution in [0.15, 0.2) is 0 Å². The number of likely N-dealkylation sites (N-methyl/N-ethyl adjacent to an activating group) is 1. The predicted molar refractivity (Wildman–Crippen MR) is 93.7 cm³/mol. The Hall–Kier alpha value is -1.30. The summed E-state index contributed by atoms with van der Waals surface area (Å²) in [5.74, 6) is 1.27. The van der Waals surface area contributed by atoms with E-state index in [1.54, 1.807) is 14.1 Å². The van der Waals surface area contributed by atoms with Gasteiger partial charge in [-0.3, -0.25) is 4.79 Å². The summed E-state index contributed by atoms with van der Waals surface area (Å²) in [7, 11) is 4.80. The SMILES string of the molecule is COCC(NC(=O)OCC(C(C)C)C1CCCCC1)C(=O)N(C)C. The summed E-state index contributed by atoms with van der Waals surface area (Å²) in [6.45, 7) is 4.90. The van der Waals surface area contributed by atoms with Crippen molar-refractivity contribution in [2.75, 3.05) is 34.4 Å². The minimum atomic E-state index is -0.718. The number of nitrogens with one attached hydrogen (secondary N) is 1. The molecule has 6 heteroatoms. The van der Waals surface area contributed by atoms with Crippen molar-refractivity contribution in [1.29, 1.82) is 0 Å². The number of methoxy groups -OCH3 is 1. The van der Waals surface area contributed by atoms with E-state index < -0.39 is 12.1 Å². The molecule has 0 aromatic heterocycles. The van der Waals surface area contributed by atoms with Gasteiger partial charge in [0, 0.05) is 21.2 Å². The van der Waals surface area contributed by atoms with Crippen LogP contribution in [0, 0.1) is 17.8 Å². The molecule has 1 N–H and O–H groups in total. The van der Waals surface area contributed by atoms with Gasteiger partial charge in [0.15, 0.2) is 0 Å². The molecule has 6 nitrogen and oxygen atoms in total. The Morgan fingerprint density at radius 2 is 1.75 bits per heavy atom. The molecule has 0 radical (unpaired) electrons. The van der Waals surface area contributed by atoms with Crippen LogP contribution in [-0.2, 0) is 14.3 Å². The number of carbonyl (C=O) groups is 2. The van der Waals surface area contributed by atoms with E-state index in [1.165, 1.54) is 44.1 Å². The molecule has 1 saturated carbocycles. The molecular weight excluding hydrogens is 308 g/mol. The predicted octanol–water partition coefficient (Wildman–Crippen LogP) is 2.67. The van der Waals surface area contributed by atoms with Gasteiger partial charge in [0.1, 0.15) is 6.04 Å². The topological polar surface area (TPSA) is 67.9 Å². The lowest BCUT2D eigenvalue weighted by atomic mass is 9.75. The summed E-state index contributed by atoms with van der Waals surface area (Å²) in [5.41, 5.74) is 0. The molecule has 0 bridgehead atoms. The standard InChI is InChI=1S/C18H34N2O4/c1-13(2)15(14-9-7-6-8-10-14)11-24-18(22)19-16(12-23-5)17(21)20(3)4/h13-16H,6-12H2,1-5H3,(H,19,22). The maximum absolute atomic E-state index is 12.1. The van der Waals surface area contributed by atoms with Crippen molar-refractivity contribution in [3.8, 4) is 0 Å². The molecule has 1 aliphatic rings. The average molecular weight is 342 g/mol. The lowest BCUT2D eigenvalue weighted by Gasteiger charge is -2.32. The summed E-state index contributed by atoms with van der Waals surface area (Å²) >= 11 is 0. The normalized spacial score (nSPS) is 18.1. The highest BCUT2D eigenvalue weighted by Gasteiger charge is 2.28.